The van der Waals surface area contributed by atoms with E-state index in [9.17, 15) is 0 Å². The molecular weight excluding hydrogens is 306 g/mol. The zero-order valence-electron chi connectivity index (χ0n) is 11.0. The fraction of sp³-hybridized carbons (Fsp3) is 0.333. The van der Waals surface area contributed by atoms with Crippen LogP contribution >= 0.6 is 15.9 Å². The van der Waals surface area contributed by atoms with Gasteiger partial charge in [-0.3, -0.25) is 0 Å². The molecule has 0 aliphatic rings. The fourth-order valence-electron chi connectivity index (χ4n) is 1.91. The smallest absolute Gasteiger partial charge is 0.158 e. The monoisotopic (exact) mass is 324 g/mol. The van der Waals surface area contributed by atoms with E-state index in [1.165, 1.54) is 0 Å². The number of aliphatic hydroxyl groups excluding tert-OH is 1. The summed E-state index contributed by atoms with van der Waals surface area (Å²) in [5, 5.41) is 11.3. The number of halogens is 1. The quantitative estimate of drug-likeness (QED) is 0.857. The molecule has 1 aromatic carbocycles. The molecule has 0 bridgehead atoms. The Hall–Kier alpha value is -1.10. The number of rotatable bonds is 6. The molecule has 0 fully saturated rings. The highest BCUT2D eigenvalue weighted by molar-refractivity contribution is 9.10. The van der Waals surface area contributed by atoms with Gasteiger partial charge in [-0.2, -0.15) is 0 Å². The molecule has 0 spiro atoms. The highest BCUT2D eigenvalue weighted by Gasteiger charge is 2.10. The van der Waals surface area contributed by atoms with Gasteiger partial charge in [0.2, 0.25) is 0 Å². The lowest BCUT2D eigenvalue weighted by atomic mass is 10.2. The van der Waals surface area contributed by atoms with E-state index in [1.807, 2.05) is 36.4 Å². The Morgan fingerprint density at radius 3 is 2.58 bits per heavy atom. The first-order chi connectivity index (χ1) is 9.22. The molecular formula is C15H19BrNO2+. The van der Waals surface area contributed by atoms with Gasteiger partial charge in [-0.15, -0.1) is 0 Å². The minimum absolute atomic E-state index is 0.205. The Morgan fingerprint density at radius 1 is 1.21 bits per heavy atom. The summed E-state index contributed by atoms with van der Waals surface area (Å²) >= 11 is 3.42. The van der Waals surface area contributed by atoms with Crippen molar-refractivity contribution in [3.8, 4) is 11.3 Å². The van der Waals surface area contributed by atoms with E-state index >= 15 is 0 Å². The summed E-state index contributed by atoms with van der Waals surface area (Å²) < 4.78 is 6.88. The van der Waals surface area contributed by atoms with Gasteiger partial charge in [0.15, 0.2) is 5.76 Å². The molecule has 3 N–H and O–H groups in total. The molecule has 1 aromatic heterocycles. The second-order valence-electron chi connectivity index (χ2n) is 4.56. The third-order valence-electron chi connectivity index (χ3n) is 3.20. The van der Waals surface area contributed by atoms with Crippen molar-refractivity contribution >= 4 is 15.9 Å². The molecule has 4 heteroatoms. The summed E-state index contributed by atoms with van der Waals surface area (Å²) in [6.07, 6.45) is 0.955. The maximum absolute atomic E-state index is 9.15. The van der Waals surface area contributed by atoms with E-state index in [0.29, 0.717) is 0 Å². The van der Waals surface area contributed by atoms with Gasteiger partial charge < -0.3 is 14.8 Å². The average Bonchev–Trinajstić information content (AvgIpc) is 2.89. The van der Waals surface area contributed by atoms with Gasteiger partial charge in [0, 0.05) is 10.0 Å². The first kappa shape index (κ1) is 14.3. The largest absolute Gasteiger partial charge is 0.455 e. The zero-order chi connectivity index (χ0) is 13.7. The average molecular weight is 325 g/mol. The summed E-state index contributed by atoms with van der Waals surface area (Å²) in [6.45, 7) is 3.04. The van der Waals surface area contributed by atoms with Crippen molar-refractivity contribution in [2.45, 2.75) is 25.9 Å². The third kappa shape index (κ3) is 3.93. The molecule has 1 heterocycles. The highest BCUT2D eigenvalue weighted by atomic mass is 79.9. The van der Waals surface area contributed by atoms with Crippen molar-refractivity contribution < 1.29 is 14.8 Å². The molecule has 0 aliphatic heterocycles. The predicted molar refractivity (Wildman–Crippen MR) is 78.6 cm³/mol. The van der Waals surface area contributed by atoms with Crippen molar-refractivity contribution in [2.24, 2.45) is 0 Å². The van der Waals surface area contributed by atoms with E-state index in [2.05, 4.69) is 28.2 Å². The Labute approximate surface area is 121 Å². The summed E-state index contributed by atoms with van der Waals surface area (Å²) in [4.78, 5) is 0. The second kappa shape index (κ2) is 6.89. The number of benzene rings is 1. The Balaban J connectivity index is 2.01. The molecule has 0 unspecified atom stereocenters. The Kier molecular flexibility index (Phi) is 5.19. The van der Waals surface area contributed by atoms with Crippen LogP contribution in [0.3, 0.4) is 0 Å². The van der Waals surface area contributed by atoms with Crippen LogP contribution in [-0.2, 0) is 6.54 Å². The zero-order valence-corrected chi connectivity index (χ0v) is 12.6. The Bertz CT molecular complexity index is 503. The number of nitrogens with two attached hydrogens (primary N) is 1. The third-order valence-corrected chi connectivity index (χ3v) is 3.73. The molecule has 1 atom stereocenters. The number of hydrogen-bond donors (Lipinski definition) is 2. The molecule has 3 nitrogen and oxygen atoms in total. The second-order valence-corrected chi connectivity index (χ2v) is 5.48. The lowest BCUT2D eigenvalue weighted by molar-refractivity contribution is -0.707. The first-order valence-electron chi connectivity index (χ1n) is 6.51. The molecule has 0 amide bonds. The van der Waals surface area contributed by atoms with Crippen molar-refractivity contribution in [1.29, 1.82) is 0 Å². The van der Waals surface area contributed by atoms with Gasteiger partial charge in [0.1, 0.15) is 18.3 Å². The van der Waals surface area contributed by atoms with Gasteiger partial charge in [-0.05, 0) is 30.7 Å². The molecule has 0 aliphatic carbocycles. The van der Waals surface area contributed by atoms with Gasteiger partial charge in [-0.1, -0.05) is 35.0 Å². The number of aliphatic hydroxyl groups is 1. The van der Waals surface area contributed by atoms with Crippen LogP contribution in [0.5, 0.6) is 0 Å². The minimum atomic E-state index is 0.205. The van der Waals surface area contributed by atoms with E-state index < -0.39 is 0 Å². The maximum Gasteiger partial charge on any atom is 0.158 e. The lowest BCUT2D eigenvalue weighted by Gasteiger charge is -2.08. The number of quaternary nitrogens is 1. The van der Waals surface area contributed by atoms with Crippen molar-refractivity contribution in [1.82, 2.24) is 0 Å². The Morgan fingerprint density at radius 2 is 1.95 bits per heavy atom. The van der Waals surface area contributed by atoms with Gasteiger partial charge >= 0.3 is 0 Å². The molecule has 0 radical (unpaired) electrons. The maximum atomic E-state index is 9.15. The van der Waals surface area contributed by atoms with Crippen LogP contribution in [-0.4, -0.2) is 17.8 Å². The van der Waals surface area contributed by atoms with Crippen LogP contribution in [0.15, 0.2) is 45.3 Å². The van der Waals surface area contributed by atoms with Crippen molar-refractivity contribution in [2.75, 3.05) is 6.61 Å². The van der Waals surface area contributed by atoms with Crippen LogP contribution in [0.4, 0.5) is 0 Å². The topological polar surface area (TPSA) is 50.0 Å². The predicted octanol–water partition coefficient (Wildman–Crippen LogP) is 2.54. The standard InChI is InChI=1S/C15H18BrNO2/c1-2-13(10-18)17-9-14-7-8-15(19-14)11-3-5-12(16)6-4-11/h3-8,13,17-18H,2,9-10H2,1H3/p+1/t13-/m0/s1. The molecule has 102 valence electrons. The molecule has 2 aromatic rings. The summed E-state index contributed by atoms with van der Waals surface area (Å²) in [5.74, 6) is 1.82. The number of furan rings is 1. The molecule has 0 saturated carbocycles. The van der Waals surface area contributed by atoms with Gasteiger partial charge in [0.25, 0.3) is 0 Å². The summed E-state index contributed by atoms with van der Waals surface area (Å²) in [6, 6.07) is 12.3. The minimum Gasteiger partial charge on any atom is -0.455 e. The highest BCUT2D eigenvalue weighted by Crippen LogP contribution is 2.23. The SMILES string of the molecule is CC[C@@H](CO)[NH2+]Cc1ccc(-c2ccc(Br)cc2)o1. The molecule has 2 rings (SSSR count). The molecule has 19 heavy (non-hydrogen) atoms. The molecule has 0 saturated heterocycles. The van der Waals surface area contributed by atoms with E-state index in [-0.39, 0.29) is 12.6 Å². The van der Waals surface area contributed by atoms with Gasteiger partial charge in [-0.25, -0.2) is 0 Å². The normalized spacial score (nSPS) is 12.6. The van der Waals surface area contributed by atoms with Crippen molar-refractivity contribution in [3.63, 3.8) is 0 Å². The van der Waals surface area contributed by atoms with Crippen LogP contribution < -0.4 is 5.32 Å². The van der Waals surface area contributed by atoms with Crippen LogP contribution in [0.2, 0.25) is 0 Å². The first-order valence-corrected chi connectivity index (χ1v) is 7.31. The summed E-state index contributed by atoms with van der Waals surface area (Å²) in [5.41, 5.74) is 1.07. The number of hydrogen-bond acceptors (Lipinski definition) is 2. The van der Waals surface area contributed by atoms with E-state index in [4.69, 9.17) is 9.52 Å². The van der Waals surface area contributed by atoms with E-state index in [0.717, 1.165) is 34.5 Å². The summed E-state index contributed by atoms with van der Waals surface area (Å²) in [7, 11) is 0. The lowest BCUT2D eigenvalue weighted by Crippen LogP contribution is -2.89. The van der Waals surface area contributed by atoms with Gasteiger partial charge in [0.05, 0.1) is 6.61 Å². The van der Waals surface area contributed by atoms with Crippen LogP contribution in [0.1, 0.15) is 19.1 Å². The van der Waals surface area contributed by atoms with Crippen molar-refractivity contribution in [3.05, 3.63) is 46.6 Å². The van der Waals surface area contributed by atoms with E-state index in [1.54, 1.807) is 0 Å². The van der Waals surface area contributed by atoms with Crippen LogP contribution in [0.25, 0.3) is 11.3 Å². The fourth-order valence-corrected chi connectivity index (χ4v) is 2.17. The van der Waals surface area contributed by atoms with Crippen LogP contribution in [0, 0.1) is 0 Å².